The molecule has 18 heavy (non-hydrogen) atoms. The first-order chi connectivity index (χ1) is 8.84. The third-order valence-corrected chi connectivity index (χ3v) is 2.82. The highest BCUT2D eigenvalue weighted by molar-refractivity contribution is 5.94. The minimum Gasteiger partial charge on any atom is -0.432 e. The fraction of sp³-hybridized carbons (Fsp3) is 0.0667. The van der Waals surface area contributed by atoms with E-state index in [9.17, 15) is 4.79 Å². The van der Waals surface area contributed by atoms with E-state index in [1.807, 2.05) is 48.5 Å². The summed E-state index contributed by atoms with van der Waals surface area (Å²) < 4.78 is 5.22. The van der Waals surface area contributed by atoms with Crippen molar-refractivity contribution in [1.29, 1.82) is 0 Å². The van der Waals surface area contributed by atoms with Crippen molar-refractivity contribution < 1.29 is 9.53 Å². The summed E-state index contributed by atoms with van der Waals surface area (Å²) in [6.45, 7) is 0. The summed E-state index contributed by atoms with van der Waals surface area (Å²) in [6, 6.07) is 17.1. The van der Waals surface area contributed by atoms with Crippen LogP contribution in [0.25, 0.3) is 0 Å². The summed E-state index contributed by atoms with van der Waals surface area (Å²) in [5, 5.41) is 0. The van der Waals surface area contributed by atoms with Crippen LogP contribution in [0.3, 0.4) is 0 Å². The monoisotopic (exact) mass is 237 g/mol. The average Bonchev–Trinajstić information content (AvgIpc) is 2.75. The molecule has 1 unspecified atom stereocenters. The van der Waals surface area contributed by atoms with E-state index in [2.05, 4.69) is 4.99 Å². The van der Waals surface area contributed by atoms with Gasteiger partial charge in [0.1, 0.15) is 0 Å². The van der Waals surface area contributed by atoms with E-state index in [4.69, 9.17) is 4.74 Å². The zero-order chi connectivity index (χ0) is 12.4. The predicted octanol–water partition coefficient (Wildman–Crippen LogP) is 2.97. The molecule has 0 aliphatic carbocycles. The molecule has 2 aromatic carbocycles. The van der Waals surface area contributed by atoms with Gasteiger partial charge in [0.05, 0.1) is 5.56 Å². The summed E-state index contributed by atoms with van der Waals surface area (Å²) in [7, 11) is 0. The lowest BCUT2D eigenvalue weighted by Crippen LogP contribution is -1.96. The van der Waals surface area contributed by atoms with Crippen LogP contribution in [0.1, 0.15) is 27.7 Å². The van der Waals surface area contributed by atoms with Crippen LogP contribution in [0, 0.1) is 0 Å². The minimum atomic E-state index is -0.520. The van der Waals surface area contributed by atoms with Crippen molar-refractivity contribution in [2.45, 2.75) is 6.23 Å². The van der Waals surface area contributed by atoms with Gasteiger partial charge in [-0.3, -0.25) is 0 Å². The Balaban J connectivity index is 1.88. The second-order valence-corrected chi connectivity index (χ2v) is 4.03. The number of ether oxygens (including phenoxy) is 1. The van der Waals surface area contributed by atoms with Crippen molar-refractivity contribution in [3.63, 3.8) is 0 Å². The highest BCUT2D eigenvalue weighted by Gasteiger charge is 2.29. The summed E-state index contributed by atoms with van der Waals surface area (Å²) in [5.41, 5.74) is 2.42. The van der Waals surface area contributed by atoms with Gasteiger partial charge >= 0.3 is 5.97 Å². The number of carbonyl (C=O) groups excluding carboxylic acids is 1. The lowest BCUT2D eigenvalue weighted by Gasteiger charge is -2.03. The van der Waals surface area contributed by atoms with Crippen molar-refractivity contribution >= 4 is 12.2 Å². The van der Waals surface area contributed by atoms with Gasteiger partial charge in [0.15, 0.2) is 0 Å². The zero-order valence-corrected chi connectivity index (χ0v) is 9.61. The molecule has 0 N–H and O–H groups in total. The number of esters is 1. The normalized spacial score (nSPS) is 17.8. The Morgan fingerprint density at radius 1 is 1.00 bits per heavy atom. The van der Waals surface area contributed by atoms with Crippen molar-refractivity contribution in [3.05, 3.63) is 71.3 Å². The Morgan fingerprint density at radius 2 is 1.72 bits per heavy atom. The SMILES string of the molecule is O=C1OC(N=Cc2ccccc2)c2ccccc21. The van der Waals surface area contributed by atoms with Crippen LogP contribution in [-0.2, 0) is 4.74 Å². The number of hydrogen-bond donors (Lipinski definition) is 0. The third kappa shape index (κ3) is 1.91. The van der Waals surface area contributed by atoms with Crippen molar-refractivity contribution in [2.24, 2.45) is 4.99 Å². The van der Waals surface area contributed by atoms with Crippen LogP contribution < -0.4 is 0 Å². The van der Waals surface area contributed by atoms with Crippen LogP contribution in [0.2, 0.25) is 0 Å². The second kappa shape index (κ2) is 4.45. The number of cyclic esters (lactones) is 1. The van der Waals surface area contributed by atoms with E-state index in [1.54, 1.807) is 12.3 Å². The van der Waals surface area contributed by atoms with Crippen molar-refractivity contribution in [2.75, 3.05) is 0 Å². The maximum absolute atomic E-state index is 11.6. The van der Waals surface area contributed by atoms with E-state index in [1.165, 1.54) is 0 Å². The van der Waals surface area contributed by atoms with E-state index in [-0.39, 0.29) is 5.97 Å². The Kier molecular flexibility index (Phi) is 2.65. The molecule has 0 aromatic heterocycles. The summed E-state index contributed by atoms with van der Waals surface area (Å²) >= 11 is 0. The van der Waals surface area contributed by atoms with Gasteiger partial charge in [-0.2, -0.15) is 0 Å². The quantitative estimate of drug-likeness (QED) is 0.595. The van der Waals surface area contributed by atoms with E-state index in [0.29, 0.717) is 5.56 Å². The number of carbonyl (C=O) groups is 1. The van der Waals surface area contributed by atoms with Gasteiger partial charge in [0.25, 0.3) is 0 Å². The van der Waals surface area contributed by atoms with Crippen LogP contribution >= 0.6 is 0 Å². The topological polar surface area (TPSA) is 38.7 Å². The number of fused-ring (bicyclic) bond motifs is 1. The summed E-state index contributed by atoms with van der Waals surface area (Å²) in [4.78, 5) is 15.9. The molecule has 0 bridgehead atoms. The Labute approximate surface area is 105 Å². The maximum Gasteiger partial charge on any atom is 0.340 e. The molecule has 0 saturated heterocycles. The molecule has 1 atom stereocenters. The molecule has 3 heteroatoms. The van der Waals surface area contributed by atoms with E-state index in [0.717, 1.165) is 11.1 Å². The van der Waals surface area contributed by atoms with Crippen LogP contribution in [0.15, 0.2) is 59.6 Å². The molecule has 0 amide bonds. The molecular formula is C15H11NO2. The molecule has 88 valence electrons. The van der Waals surface area contributed by atoms with Crippen LogP contribution in [0.5, 0.6) is 0 Å². The lowest BCUT2D eigenvalue weighted by molar-refractivity contribution is 0.0405. The molecule has 2 aromatic rings. The Hall–Kier alpha value is -2.42. The van der Waals surface area contributed by atoms with Gasteiger partial charge in [-0.1, -0.05) is 48.5 Å². The predicted molar refractivity (Wildman–Crippen MR) is 68.6 cm³/mol. The first-order valence-corrected chi connectivity index (χ1v) is 5.73. The van der Waals surface area contributed by atoms with Gasteiger partial charge in [-0.05, 0) is 11.6 Å². The number of rotatable bonds is 2. The van der Waals surface area contributed by atoms with Crippen molar-refractivity contribution in [3.8, 4) is 0 Å². The number of benzene rings is 2. The summed E-state index contributed by atoms with van der Waals surface area (Å²) in [6.07, 6.45) is 1.20. The van der Waals surface area contributed by atoms with Gasteiger partial charge in [0.2, 0.25) is 6.23 Å². The largest absolute Gasteiger partial charge is 0.432 e. The molecule has 0 radical (unpaired) electrons. The van der Waals surface area contributed by atoms with Crippen LogP contribution in [-0.4, -0.2) is 12.2 Å². The first kappa shape index (κ1) is 10.7. The molecule has 1 aliphatic rings. The maximum atomic E-state index is 11.6. The average molecular weight is 237 g/mol. The molecule has 1 aliphatic heterocycles. The van der Waals surface area contributed by atoms with Crippen LogP contribution in [0.4, 0.5) is 0 Å². The zero-order valence-electron chi connectivity index (χ0n) is 9.61. The van der Waals surface area contributed by atoms with Gasteiger partial charge in [0, 0.05) is 11.8 Å². The van der Waals surface area contributed by atoms with Gasteiger partial charge in [-0.15, -0.1) is 0 Å². The van der Waals surface area contributed by atoms with Gasteiger partial charge < -0.3 is 4.74 Å². The van der Waals surface area contributed by atoms with Crippen molar-refractivity contribution in [1.82, 2.24) is 0 Å². The molecule has 3 nitrogen and oxygen atoms in total. The highest BCUT2D eigenvalue weighted by atomic mass is 16.6. The van der Waals surface area contributed by atoms with Gasteiger partial charge in [-0.25, -0.2) is 9.79 Å². The number of aliphatic imine (C=N–C) groups is 1. The molecule has 0 saturated carbocycles. The lowest BCUT2D eigenvalue weighted by atomic mass is 10.1. The van der Waals surface area contributed by atoms with E-state index >= 15 is 0 Å². The number of hydrogen-bond acceptors (Lipinski definition) is 3. The first-order valence-electron chi connectivity index (χ1n) is 5.73. The highest BCUT2D eigenvalue weighted by Crippen LogP contribution is 2.30. The summed E-state index contributed by atoms with van der Waals surface area (Å²) in [5.74, 6) is -0.305. The smallest absolute Gasteiger partial charge is 0.340 e. The molecule has 3 rings (SSSR count). The molecule has 0 fully saturated rings. The fourth-order valence-electron chi connectivity index (χ4n) is 1.93. The Bertz CT molecular complexity index is 605. The van der Waals surface area contributed by atoms with E-state index < -0.39 is 6.23 Å². The standard InChI is InChI=1S/C15H11NO2/c17-15-13-9-5-4-8-12(13)14(18-15)16-10-11-6-2-1-3-7-11/h1-10,14H. The number of nitrogens with zero attached hydrogens (tertiary/aromatic N) is 1. The molecular weight excluding hydrogens is 226 g/mol. The molecule has 0 spiro atoms. The Morgan fingerprint density at radius 3 is 2.56 bits per heavy atom. The third-order valence-electron chi connectivity index (χ3n) is 2.82. The fourth-order valence-corrected chi connectivity index (χ4v) is 1.93. The minimum absolute atomic E-state index is 0.305. The second-order valence-electron chi connectivity index (χ2n) is 4.03. The molecule has 1 heterocycles.